The van der Waals surface area contributed by atoms with E-state index in [0.29, 0.717) is 5.56 Å². The lowest BCUT2D eigenvalue weighted by molar-refractivity contribution is -0.139. The molecule has 0 N–H and O–H groups in total. The number of alkyl halides is 3. The van der Waals surface area contributed by atoms with E-state index in [2.05, 4.69) is 10.1 Å². The lowest BCUT2D eigenvalue weighted by Crippen LogP contribution is -2.19. The highest BCUT2D eigenvalue weighted by molar-refractivity contribution is 6.43. The van der Waals surface area contributed by atoms with Crippen molar-refractivity contribution in [3.05, 3.63) is 81.3 Å². The molecule has 2 aromatic carbocycles. The molecule has 1 aromatic heterocycles. The van der Waals surface area contributed by atoms with Crippen molar-refractivity contribution < 1.29 is 13.2 Å². The molecule has 0 amide bonds. The van der Waals surface area contributed by atoms with Gasteiger partial charge in [-0.2, -0.15) is 18.3 Å². The van der Waals surface area contributed by atoms with Crippen LogP contribution >= 0.6 is 34.8 Å². The first-order valence-corrected chi connectivity index (χ1v) is 8.73. The maximum atomic E-state index is 13.6. The first kappa shape index (κ1) is 19.7. The summed E-state index contributed by atoms with van der Waals surface area (Å²) in [6, 6.07) is 9.27. The van der Waals surface area contributed by atoms with E-state index in [1.807, 2.05) is 0 Å². The van der Waals surface area contributed by atoms with Crippen LogP contribution in [0.1, 0.15) is 17.0 Å². The number of rotatable bonds is 4. The van der Waals surface area contributed by atoms with Crippen LogP contribution in [0.3, 0.4) is 0 Å². The second kappa shape index (κ2) is 7.92. The van der Waals surface area contributed by atoms with Gasteiger partial charge in [-0.15, -0.1) is 0 Å². The summed E-state index contributed by atoms with van der Waals surface area (Å²) in [5.74, 6) is -1.95. The lowest BCUT2D eigenvalue weighted by Gasteiger charge is -2.19. The number of nitrogens with zero attached hydrogens (tertiary/aromatic N) is 3. The Morgan fingerprint density at radius 1 is 1.04 bits per heavy atom. The largest absolute Gasteiger partial charge is 0.399 e. The molecule has 27 heavy (non-hydrogen) atoms. The van der Waals surface area contributed by atoms with Gasteiger partial charge >= 0.3 is 6.18 Å². The molecule has 0 bridgehead atoms. The van der Waals surface area contributed by atoms with E-state index >= 15 is 0 Å². The molecule has 3 rings (SSSR count). The summed E-state index contributed by atoms with van der Waals surface area (Å²) in [4.78, 5) is 3.84. The Hall–Kier alpha value is -2.02. The van der Waals surface area contributed by atoms with Gasteiger partial charge in [0.1, 0.15) is 12.7 Å². The minimum absolute atomic E-state index is 0.0287. The zero-order chi connectivity index (χ0) is 19.6. The highest BCUT2D eigenvalue weighted by Gasteiger charge is 2.40. The van der Waals surface area contributed by atoms with Crippen LogP contribution in [0, 0.1) is 0 Å². The summed E-state index contributed by atoms with van der Waals surface area (Å²) in [6.45, 7) is 0. The molecule has 0 aliphatic carbocycles. The summed E-state index contributed by atoms with van der Waals surface area (Å²) in [5, 5.41) is 3.87. The third kappa shape index (κ3) is 4.64. The topological polar surface area (TPSA) is 30.7 Å². The van der Waals surface area contributed by atoms with Gasteiger partial charge in [0, 0.05) is 5.02 Å². The molecule has 0 radical (unpaired) electrons. The fourth-order valence-corrected chi connectivity index (χ4v) is 3.21. The van der Waals surface area contributed by atoms with E-state index in [1.54, 1.807) is 28.9 Å². The van der Waals surface area contributed by atoms with E-state index in [4.69, 9.17) is 34.8 Å². The van der Waals surface area contributed by atoms with Gasteiger partial charge in [0.2, 0.25) is 0 Å². The van der Waals surface area contributed by atoms with Gasteiger partial charge in [0.15, 0.2) is 0 Å². The minimum Gasteiger partial charge on any atom is -0.223 e. The zero-order valence-electron chi connectivity index (χ0n) is 13.5. The van der Waals surface area contributed by atoms with Crippen LogP contribution in [0.5, 0.6) is 0 Å². The Morgan fingerprint density at radius 3 is 2.33 bits per heavy atom. The summed E-state index contributed by atoms with van der Waals surface area (Å²) in [6.07, 6.45) is 0.749. The van der Waals surface area contributed by atoms with E-state index in [9.17, 15) is 13.2 Å². The van der Waals surface area contributed by atoms with Crippen LogP contribution in [0.25, 0.3) is 11.8 Å². The molecule has 0 saturated carbocycles. The third-order valence-electron chi connectivity index (χ3n) is 3.77. The van der Waals surface area contributed by atoms with Gasteiger partial charge < -0.3 is 0 Å². The van der Waals surface area contributed by atoms with Crippen LogP contribution in [-0.4, -0.2) is 20.9 Å². The molecule has 140 valence electrons. The van der Waals surface area contributed by atoms with E-state index in [0.717, 1.165) is 11.8 Å². The molecule has 0 fully saturated rings. The molecule has 1 atom stereocenters. The first-order chi connectivity index (χ1) is 12.8. The van der Waals surface area contributed by atoms with Crippen LogP contribution in [-0.2, 0) is 0 Å². The summed E-state index contributed by atoms with van der Waals surface area (Å²) < 4.78 is 42.3. The minimum atomic E-state index is -4.56. The fraction of sp³-hybridized carbons (Fsp3) is 0.111. The standard InChI is InChI=1S/C18H11Cl3F3N3/c19-12-7-14(17(21)16(20)8-12)15(18(22,23)24)6-3-11-1-4-13(5-2-11)27-10-25-9-26-27/h1-10,15H/b6-3+. The average molecular weight is 433 g/mol. The van der Waals surface area contributed by atoms with Gasteiger partial charge in [-0.3, -0.25) is 0 Å². The van der Waals surface area contributed by atoms with Crippen molar-refractivity contribution in [1.29, 1.82) is 0 Å². The smallest absolute Gasteiger partial charge is 0.223 e. The number of hydrogen-bond donors (Lipinski definition) is 0. The zero-order valence-corrected chi connectivity index (χ0v) is 15.7. The van der Waals surface area contributed by atoms with Crippen molar-refractivity contribution in [2.45, 2.75) is 12.1 Å². The van der Waals surface area contributed by atoms with Gasteiger partial charge in [-0.25, -0.2) is 9.67 Å². The van der Waals surface area contributed by atoms with Crippen molar-refractivity contribution in [3.8, 4) is 5.69 Å². The predicted molar refractivity (Wildman–Crippen MR) is 101 cm³/mol. The number of hydrogen-bond acceptors (Lipinski definition) is 2. The van der Waals surface area contributed by atoms with Crippen LogP contribution in [0.2, 0.25) is 15.1 Å². The Morgan fingerprint density at radius 2 is 1.74 bits per heavy atom. The van der Waals surface area contributed by atoms with Crippen molar-refractivity contribution in [2.75, 3.05) is 0 Å². The Kier molecular flexibility index (Phi) is 5.79. The monoisotopic (exact) mass is 431 g/mol. The number of allylic oxidation sites excluding steroid dienone is 1. The number of benzene rings is 2. The fourth-order valence-electron chi connectivity index (χ4n) is 2.48. The molecule has 0 saturated heterocycles. The van der Waals surface area contributed by atoms with Crippen LogP contribution < -0.4 is 0 Å². The maximum Gasteiger partial charge on any atom is 0.399 e. The van der Waals surface area contributed by atoms with Crippen molar-refractivity contribution in [2.24, 2.45) is 0 Å². The van der Waals surface area contributed by atoms with Crippen molar-refractivity contribution in [3.63, 3.8) is 0 Å². The quantitative estimate of drug-likeness (QED) is 0.436. The van der Waals surface area contributed by atoms with Crippen LogP contribution in [0.15, 0.2) is 55.1 Å². The Labute approximate surface area is 168 Å². The third-order valence-corrected chi connectivity index (χ3v) is 4.80. The van der Waals surface area contributed by atoms with E-state index in [1.165, 1.54) is 30.9 Å². The number of halogens is 6. The van der Waals surface area contributed by atoms with Gasteiger partial charge in [-0.05, 0) is 35.4 Å². The van der Waals surface area contributed by atoms with Crippen molar-refractivity contribution in [1.82, 2.24) is 14.8 Å². The SMILES string of the molecule is FC(F)(F)C(/C=C/c1ccc(-n2cncn2)cc1)c1cc(Cl)cc(Cl)c1Cl. The molecule has 1 heterocycles. The second-order valence-corrected chi connectivity index (χ2v) is 6.82. The molecule has 1 unspecified atom stereocenters. The number of aromatic nitrogens is 3. The van der Waals surface area contributed by atoms with Crippen molar-refractivity contribution >= 4 is 40.9 Å². The highest BCUT2D eigenvalue weighted by Crippen LogP contribution is 2.42. The second-order valence-electron chi connectivity index (χ2n) is 5.60. The first-order valence-electron chi connectivity index (χ1n) is 7.60. The molecule has 3 nitrogen and oxygen atoms in total. The molecule has 3 aromatic rings. The molecule has 0 aliphatic heterocycles. The Bertz CT molecular complexity index is 952. The summed E-state index contributed by atoms with van der Waals surface area (Å²) >= 11 is 17.7. The predicted octanol–water partition coefficient (Wildman–Crippen LogP) is 6.59. The van der Waals surface area contributed by atoms with E-state index < -0.39 is 12.1 Å². The normalized spacial score (nSPS) is 13.3. The molecule has 0 spiro atoms. The average Bonchev–Trinajstić information content (AvgIpc) is 3.13. The molecular formula is C18H11Cl3F3N3. The maximum absolute atomic E-state index is 13.6. The summed E-state index contributed by atoms with van der Waals surface area (Å²) in [7, 11) is 0. The van der Waals surface area contributed by atoms with Gasteiger partial charge in [0.25, 0.3) is 0 Å². The van der Waals surface area contributed by atoms with Gasteiger partial charge in [-0.1, -0.05) is 59.1 Å². The molecule has 9 heteroatoms. The molecular weight excluding hydrogens is 422 g/mol. The highest BCUT2D eigenvalue weighted by atomic mass is 35.5. The van der Waals surface area contributed by atoms with Gasteiger partial charge in [0.05, 0.1) is 21.7 Å². The summed E-state index contributed by atoms with van der Waals surface area (Å²) in [5.41, 5.74) is 1.12. The lowest BCUT2D eigenvalue weighted by atomic mass is 9.97. The Balaban J connectivity index is 1.92. The van der Waals surface area contributed by atoms with E-state index in [-0.39, 0.29) is 20.6 Å². The molecule has 0 aliphatic rings. The van der Waals surface area contributed by atoms with Crippen LogP contribution in [0.4, 0.5) is 13.2 Å².